The number of rotatable bonds is 4. The standard InChI is InChI=1S/C10H7F2NO2S.C9H5F2NO2S.Li.2H2O/c1-15-10(14)7-4-6-8(16-7)5(9(11)12)2-3-13-6;10-8(11)4-1-2-12-5-3-6(9(13)14)15-7(4)5;;;/h2-4,9H,1H3;1-3,8H,(H,13,14);;2*1H2/q;;+1;;/p-1. The number of carbonyl (C=O) groups is 2. The molecule has 0 atom stereocenters. The van der Waals surface area contributed by atoms with E-state index in [4.69, 9.17) is 5.11 Å². The van der Waals surface area contributed by atoms with E-state index in [0.717, 1.165) is 22.7 Å². The number of ether oxygens (including phenoxy) is 1. The van der Waals surface area contributed by atoms with Crippen molar-refractivity contribution >= 4 is 55.0 Å². The number of thiophene rings is 2. The van der Waals surface area contributed by atoms with E-state index in [0.29, 0.717) is 15.7 Å². The number of carboxylic acids is 1. The van der Waals surface area contributed by atoms with E-state index < -0.39 is 24.8 Å². The van der Waals surface area contributed by atoms with Crippen LogP contribution in [0.25, 0.3) is 20.4 Å². The van der Waals surface area contributed by atoms with Gasteiger partial charge in [-0.15, -0.1) is 22.7 Å². The Hall–Kier alpha value is -2.60. The Morgan fingerprint density at radius 2 is 1.32 bits per heavy atom. The number of alkyl halides is 4. The van der Waals surface area contributed by atoms with Crippen LogP contribution in [-0.4, -0.2) is 45.1 Å². The molecule has 4 heterocycles. The van der Waals surface area contributed by atoms with Gasteiger partial charge in [-0.3, -0.25) is 9.97 Å². The van der Waals surface area contributed by atoms with Gasteiger partial charge in [0.2, 0.25) is 0 Å². The summed E-state index contributed by atoms with van der Waals surface area (Å²) in [5.41, 5.74) is 0.418. The molecule has 0 fully saturated rings. The van der Waals surface area contributed by atoms with Gasteiger partial charge in [-0.05, 0) is 24.3 Å². The number of methoxy groups -OCH3 is 1. The second-order valence-electron chi connectivity index (χ2n) is 5.85. The van der Waals surface area contributed by atoms with Gasteiger partial charge in [0.1, 0.15) is 9.75 Å². The van der Waals surface area contributed by atoms with Crippen LogP contribution in [0.4, 0.5) is 17.6 Å². The molecule has 4 N–H and O–H groups in total. The van der Waals surface area contributed by atoms with Gasteiger partial charge in [0.25, 0.3) is 12.9 Å². The summed E-state index contributed by atoms with van der Waals surface area (Å²) in [7, 11) is 1.24. The van der Waals surface area contributed by atoms with Crippen LogP contribution in [0.5, 0.6) is 0 Å². The molecule has 0 aliphatic heterocycles. The topological polar surface area (TPSA) is 151 Å². The monoisotopic (exact) mass is 514 g/mol. The Bertz CT molecular complexity index is 1270. The first-order valence-electron chi connectivity index (χ1n) is 8.37. The molecule has 0 spiro atoms. The Morgan fingerprint density at radius 1 is 0.912 bits per heavy atom. The van der Waals surface area contributed by atoms with Crippen molar-refractivity contribution in [2.24, 2.45) is 0 Å². The first kappa shape index (κ1) is 31.4. The second kappa shape index (κ2) is 13.3. The summed E-state index contributed by atoms with van der Waals surface area (Å²) in [6.07, 6.45) is -2.63. The number of hydrogen-bond donors (Lipinski definition) is 1. The van der Waals surface area contributed by atoms with E-state index in [9.17, 15) is 27.2 Å². The first-order chi connectivity index (χ1) is 14.7. The number of fused-ring (bicyclic) bond motifs is 2. The zero-order valence-corrected chi connectivity index (χ0v) is 19.1. The Morgan fingerprint density at radius 3 is 1.71 bits per heavy atom. The summed E-state index contributed by atoms with van der Waals surface area (Å²) in [6, 6.07) is 5.21. The van der Waals surface area contributed by atoms with Crippen LogP contribution in [-0.2, 0) is 4.74 Å². The molecule has 0 saturated heterocycles. The van der Waals surface area contributed by atoms with Crippen molar-refractivity contribution in [2.75, 3.05) is 7.11 Å². The van der Waals surface area contributed by atoms with E-state index in [1.807, 2.05) is 0 Å². The number of pyridine rings is 2. The maximum atomic E-state index is 12.7. The van der Waals surface area contributed by atoms with Crippen LogP contribution in [0.2, 0.25) is 0 Å². The smallest absolute Gasteiger partial charge is 0.870 e. The number of esters is 1. The Labute approximate surface area is 209 Å². The molecule has 4 rings (SSSR count). The number of carboxylic acid groups (broad SMARTS) is 1. The molecule has 0 aliphatic carbocycles. The van der Waals surface area contributed by atoms with Gasteiger partial charge in [0.05, 0.1) is 27.5 Å². The number of halogens is 4. The van der Waals surface area contributed by atoms with Crippen molar-refractivity contribution in [1.82, 2.24) is 9.97 Å². The minimum atomic E-state index is -2.62. The van der Waals surface area contributed by atoms with Crippen molar-refractivity contribution in [3.05, 3.63) is 57.5 Å². The second-order valence-corrected chi connectivity index (χ2v) is 7.95. The summed E-state index contributed by atoms with van der Waals surface area (Å²) >= 11 is 1.79. The van der Waals surface area contributed by atoms with E-state index in [-0.39, 0.29) is 55.4 Å². The molecule has 0 aliphatic rings. The summed E-state index contributed by atoms with van der Waals surface area (Å²) in [5, 5.41) is 8.71. The fraction of sp³-hybridized carbons (Fsp3) is 0.158. The van der Waals surface area contributed by atoms with Gasteiger partial charge >= 0.3 is 30.8 Å². The number of aromatic carboxylic acids is 1. The van der Waals surface area contributed by atoms with Crippen molar-refractivity contribution in [3.63, 3.8) is 0 Å². The zero-order valence-electron chi connectivity index (χ0n) is 17.5. The molecule has 0 aromatic carbocycles. The Balaban J connectivity index is 0.000000590. The van der Waals surface area contributed by atoms with Crippen molar-refractivity contribution in [2.45, 2.75) is 12.9 Å². The van der Waals surface area contributed by atoms with Gasteiger partial charge in [0.15, 0.2) is 0 Å². The van der Waals surface area contributed by atoms with Gasteiger partial charge < -0.3 is 20.8 Å². The van der Waals surface area contributed by atoms with Crippen LogP contribution >= 0.6 is 22.7 Å². The number of aromatic nitrogens is 2. The average molecular weight is 514 g/mol. The first-order valence-corrected chi connectivity index (χ1v) is 10.0. The van der Waals surface area contributed by atoms with Gasteiger partial charge in [-0.2, -0.15) is 0 Å². The minimum Gasteiger partial charge on any atom is -0.870 e. The maximum Gasteiger partial charge on any atom is 1.00 e. The van der Waals surface area contributed by atoms with Gasteiger partial charge in [-0.25, -0.2) is 27.2 Å². The molecule has 15 heteroatoms. The van der Waals surface area contributed by atoms with E-state index in [2.05, 4.69) is 14.7 Å². The molecule has 4 aromatic heterocycles. The van der Waals surface area contributed by atoms with E-state index in [1.54, 1.807) is 0 Å². The van der Waals surface area contributed by atoms with Crippen molar-refractivity contribution in [3.8, 4) is 0 Å². The molecular formula is C19H15F4LiN2O6S2. The van der Waals surface area contributed by atoms with Crippen LogP contribution < -0.4 is 18.9 Å². The van der Waals surface area contributed by atoms with Crippen LogP contribution in [0.3, 0.4) is 0 Å². The Kier molecular flexibility index (Phi) is 12.3. The van der Waals surface area contributed by atoms with Crippen LogP contribution in [0.15, 0.2) is 36.7 Å². The maximum absolute atomic E-state index is 12.7. The molecule has 8 nitrogen and oxygen atoms in total. The number of carbonyl (C=O) groups excluding carboxylic acids is 1. The number of nitrogens with zero attached hydrogens (tertiary/aromatic N) is 2. The summed E-state index contributed by atoms with van der Waals surface area (Å²) < 4.78 is 55.5. The molecule has 34 heavy (non-hydrogen) atoms. The van der Waals surface area contributed by atoms with Crippen molar-refractivity contribution < 1.29 is 66.8 Å². The van der Waals surface area contributed by atoms with Gasteiger partial charge in [-0.1, -0.05) is 0 Å². The van der Waals surface area contributed by atoms with Crippen LogP contribution in [0.1, 0.15) is 43.3 Å². The summed E-state index contributed by atoms with van der Waals surface area (Å²) in [5.74, 6) is -1.67. The quantitative estimate of drug-likeness (QED) is 0.248. The third kappa shape index (κ3) is 6.72. The predicted octanol–water partition coefficient (Wildman–Crippen LogP) is 1.96. The molecule has 0 radical (unpaired) electrons. The summed E-state index contributed by atoms with van der Waals surface area (Å²) in [6.45, 7) is 0. The SMILES string of the molecule is COC(=O)c1cc2nccc(C(F)F)c2s1.O.O=C(O)c1cc2nccc(C(F)F)c2s1.[Li+].[OH-]. The molecule has 0 amide bonds. The predicted molar refractivity (Wildman–Crippen MR) is 113 cm³/mol. The molecule has 0 bridgehead atoms. The molecular weight excluding hydrogens is 499 g/mol. The summed E-state index contributed by atoms with van der Waals surface area (Å²) in [4.78, 5) is 30.0. The van der Waals surface area contributed by atoms with Gasteiger partial charge in [0, 0.05) is 23.5 Å². The fourth-order valence-electron chi connectivity index (χ4n) is 2.57. The molecule has 4 aromatic rings. The average Bonchev–Trinajstić information content (AvgIpc) is 3.37. The van der Waals surface area contributed by atoms with Crippen LogP contribution in [0, 0.1) is 0 Å². The minimum absolute atomic E-state index is 0. The third-order valence-electron chi connectivity index (χ3n) is 3.95. The zero-order chi connectivity index (χ0) is 22.7. The molecule has 0 saturated carbocycles. The molecule has 0 unspecified atom stereocenters. The van der Waals surface area contributed by atoms with Crippen molar-refractivity contribution in [1.29, 1.82) is 0 Å². The largest absolute Gasteiger partial charge is 1.00 e. The molecule has 178 valence electrons. The fourth-order valence-corrected chi connectivity index (χ4v) is 4.58. The third-order valence-corrected chi connectivity index (χ3v) is 6.27. The van der Waals surface area contributed by atoms with E-state index >= 15 is 0 Å². The normalized spacial score (nSPS) is 10.1. The van der Waals surface area contributed by atoms with E-state index in [1.165, 1.54) is 43.8 Å². The number of hydrogen-bond acceptors (Lipinski definition) is 8.